The zero-order valence-corrected chi connectivity index (χ0v) is 8.25. The summed E-state index contributed by atoms with van der Waals surface area (Å²) in [5.74, 6) is 0. The number of alkyl halides is 1. The Morgan fingerprint density at radius 2 is 2.30 bits per heavy atom. The number of halogens is 1. The lowest BCUT2D eigenvalue weighted by Crippen LogP contribution is -2.37. The maximum absolute atomic E-state index is 8.69. The molecule has 1 aliphatic heterocycles. The number of aliphatic hydroxyl groups is 1. The van der Waals surface area contributed by atoms with Crippen molar-refractivity contribution in [2.45, 2.75) is 23.3 Å². The molecule has 1 heterocycles. The summed E-state index contributed by atoms with van der Waals surface area (Å²) in [5, 5.41) is 8.69. The quantitative estimate of drug-likeness (QED) is 0.455. The number of nitrogens with zero attached hydrogens (tertiary/aromatic N) is 1. The molecule has 1 N–H and O–H groups in total. The number of aliphatic hydroxyl groups excluding tert-OH is 1. The Labute approximate surface area is 75.7 Å². The van der Waals surface area contributed by atoms with Crippen molar-refractivity contribution in [2.24, 2.45) is 0 Å². The topological polar surface area (TPSA) is 23.5 Å². The molecule has 0 aromatic heterocycles. The van der Waals surface area contributed by atoms with E-state index >= 15 is 0 Å². The third kappa shape index (κ3) is 2.36. The summed E-state index contributed by atoms with van der Waals surface area (Å²) in [5.41, 5.74) is 0. The van der Waals surface area contributed by atoms with Crippen LogP contribution in [0.25, 0.3) is 0 Å². The van der Waals surface area contributed by atoms with Crippen LogP contribution >= 0.6 is 22.6 Å². The molecule has 0 spiro atoms. The fraction of sp³-hybridized carbons (Fsp3) is 1.00. The van der Waals surface area contributed by atoms with Gasteiger partial charge in [-0.2, -0.15) is 0 Å². The molecule has 1 saturated heterocycles. The maximum Gasteiger partial charge on any atom is 0.0619 e. The minimum absolute atomic E-state index is 0.305. The lowest BCUT2D eigenvalue weighted by molar-refractivity contribution is 0.165. The normalized spacial score (nSPS) is 28.8. The van der Waals surface area contributed by atoms with E-state index in [0.29, 0.717) is 10.7 Å². The summed E-state index contributed by atoms with van der Waals surface area (Å²) in [6, 6.07) is 0. The third-order valence-electron chi connectivity index (χ3n) is 1.92. The van der Waals surface area contributed by atoms with Crippen LogP contribution in [-0.2, 0) is 0 Å². The summed E-state index contributed by atoms with van der Waals surface area (Å²) in [4.78, 5) is 2.35. The van der Waals surface area contributed by atoms with Crippen molar-refractivity contribution >= 4 is 22.6 Å². The van der Waals surface area contributed by atoms with Crippen molar-refractivity contribution in [1.29, 1.82) is 0 Å². The number of hydrogen-bond acceptors (Lipinski definition) is 2. The van der Waals surface area contributed by atoms with Gasteiger partial charge in [0.2, 0.25) is 0 Å². The van der Waals surface area contributed by atoms with Gasteiger partial charge in [0.15, 0.2) is 0 Å². The molecule has 0 saturated carbocycles. The average Bonchev–Trinajstić information content (AvgIpc) is 1.94. The standard InChI is InChI=1S/C7H14INO/c8-7-3-1-2-4-9(7)5-6-10/h7,10H,1-6H2. The van der Waals surface area contributed by atoms with Gasteiger partial charge in [0.1, 0.15) is 0 Å². The highest BCUT2D eigenvalue weighted by Gasteiger charge is 2.17. The van der Waals surface area contributed by atoms with E-state index in [4.69, 9.17) is 5.11 Å². The van der Waals surface area contributed by atoms with E-state index in [2.05, 4.69) is 27.5 Å². The van der Waals surface area contributed by atoms with Crippen LogP contribution in [0.3, 0.4) is 0 Å². The minimum atomic E-state index is 0.305. The second-order valence-electron chi connectivity index (χ2n) is 2.69. The maximum atomic E-state index is 8.69. The highest BCUT2D eigenvalue weighted by atomic mass is 127. The molecule has 0 amide bonds. The summed E-state index contributed by atoms with van der Waals surface area (Å²) >= 11 is 2.46. The van der Waals surface area contributed by atoms with E-state index in [1.807, 2.05) is 0 Å². The highest BCUT2D eigenvalue weighted by molar-refractivity contribution is 14.1. The molecule has 0 aromatic carbocycles. The lowest BCUT2D eigenvalue weighted by atomic mass is 10.1. The van der Waals surface area contributed by atoms with E-state index < -0.39 is 0 Å². The molecule has 1 rings (SSSR count). The van der Waals surface area contributed by atoms with Crippen molar-refractivity contribution in [1.82, 2.24) is 4.90 Å². The minimum Gasteiger partial charge on any atom is -0.395 e. The van der Waals surface area contributed by atoms with E-state index in [9.17, 15) is 0 Å². The molecule has 2 nitrogen and oxygen atoms in total. The fourth-order valence-electron chi connectivity index (χ4n) is 1.33. The van der Waals surface area contributed by atoms with Gasteiger partial charge in [0.25, 0.3) is 0 Å². The molecule has 1 atom stereocenters. The summed E-state index contributed by atoms with van der Waals surface area (Å²) < 4.78 is 0.665. The van der Waals surface area contributed by atoms with Crippen LogP contribution in [0.15, 0.2) is 0 Å². The monoisotopic (exact) mass is 255 g/mol. The van der Waals surface area contributed by atoms with Crippen LogP contribution in [0.2, 0.25) is 0 Å². The SMILES string of the molecule is OCCN1CCCCC1I. The summed E-state index contributed by atoms with van der Waals surface area (Å²) in [6.07, 6.45) is 3.95. The first-order chi connectivity index (χ1) is 4.84. The van der Waals surface area contributed by atoms with Crippen LogP contribution in [0, 0.1) is 0 Å². The fourth-order valence-corrected chi connectivity index (χ4v) is 2.33. The summed E-state index contributed by atoms with van der Waals surface area (Å²) in [6.45, 7) is 2.33. The first-order valence-corrected chi connectivity index (χ1v) is 5.08. The van der Waals surface area contributed by atoms with E-state index in [1.165, 1.54) is 25.8 Å². The Morgan fingerprint density at radius 3 is 2.90 bits per heavy atom. The molecule has 1 unspecified atom stereocenters. The second kappa shape index (κ2) is 4.51. The molecule has 0 aliphatic carbocycles. The van der Waals surface area contributed by atoms with Crippen LogP contribution in [-0.4, -0.2) is 33.8 Å². The molecule has 3 heteroatoms. The Bertz CT molecular complexity index is 97.6. The van der Waals surface area contributed by atoms with Gasteiger partial charge in [-0.1, -0.05) is 22.6 Å². The van der Waals surface area contributed by atoms with Gasteiger partial charge >= 0.3 is 0 Å². The summed E-state index contributed by atoms with van der Waals surface area (Å²) in [7, 11) is 0. The number of β-amino-alcohol motifs (C(OH)–C–C–N with tert-alkyl or cyclic N) is 1. The zero-order valence-electron chi connectivity index (χ0n) is 6.09. The van der Waals surface area contributed by atoms with Gasteiger partial charge in [-0.25, -0.2) is 0 Å². The van der Waals surface area contributed by atoms with Gasteiger partial charge in [0.05, 0.1) is 10.7 Å². The van der Waals surface area contributed by atoms with Crippen molar-refractivity contribution in [3.8, 4) is 0 Å². The van der Waals surface area contributed by atoms with Crippen LogP contribution in [0.4, 0.5) is 0 Å². The number of hydrogen-bond donors (Lipinski definition) is 1. The largest absolute Gasteiger partial charge is 0.395 e. The second-order valence-corrected chi connectivity index (χ2v) is 4.13. The van der Waals surface area contributed by atoms with E-state index in [1.54, 1.807) is 0 Å². The Kier molecular flexibility index (Phi) is 3.95. The third-order valence-corrected chi connectivity index (χ3v) is 3.33. The molecule has 1 fully saturated rings. The lowest BCUT2D eigenvalue weighted by Gasteiger charge is -2.31. The number of rotatable bonds is 2. The van der Waals surface area contributed by atoms with E-state index in [-0.39, 0.29) is 0 Å². The molecule has 0 bridgehead atoms. The van der Waals surface area contributed by atoms with E-state index in [0.717, 1.165) is 6.54 Å². The van der Waals surface area contributed by atoms with Gasteiger partial charge in [0, 0.05) is 6.54 Å². The molecule has 1 aliphatic rings. The Balaban J connectivity index is 2.25. The first kappa shape index (κ1) is 8.74. The molecular formula is C7H14INO. The first-order valence-electron chi connectivity index (χ1n) is 3.83. The zero-order chi connectivity index (χ0) is 7.40. The van der Waals surface area contributed by atoms with Gasteiger partial charge < -0.3 is 5.11 Å². The average molecular weight is 255 g/mol. The van der Waals surface area contributed by atoms with Crippen molar-refractivity contribution < 1.29 is 5.11 Å². The molecule has 0 radical (unpaired) electrons. The molecule has 0 aromatic rings. The number of likely N-dealkylation sites (tertiary alicyclic amines) is 1. The molecule has 10 heavy (non-hydrogen) atoms. The Hall–Kier alpha value is 0.650. The van der Waals surface area contributed by atoms with Gasteiger partial charge in [-0.15, -0.1) is 0 Å². The van der Waals surface area contributed by atoms with Crippen molar-refractivity contribution in [3.05, 3.63) is 0 Å². The molecule has 60 valence electrons. The highest BCUT2D eigenvalue weighted by Crippen LogP contribution is 2.20. The molecular weight excluding hydrogens is 241 g/mol. The van der Waals surface area contributed by atoms with Crippen LogP contribution in [0.1, 0.15) is 19.3 Å². The van der Waals surface area contributed by atoms with Crippen LogP contribution < -0.4 is 0 Å². The Morgan fingerprint density at radius 1 is 1.50 bits per heavy atom. The van der Waals surface area contributed by atoms with Gasteiger partial charge in [-0.3, -0.25) is 4.90 Å². The predicted molar refractivity (Wildman–Crippen MR) is 50.3 cm³/mol. The predicted octanol–water partition coefficient (Wildman–Crippen LogP) is 1.23. The van der Waals surface area contributed by atoms with Crippen molar-refractivity contribution in [2.75, 3.05) is 19.7 Å². The van der Waals surface area contributed by atoms with Crippen molar-refractivity contribution in [3.63, 3.8) is 0 Å². The van der Waals surface area contributed by atoms with Crippen LogP contribution in [0.5, 0.6) is 0 Å². The van der Waals surface area contributed by atoms with Gasteiger partial charge in [-0.05, 0) is 25.8 Å². The smallest absolute Gasteiger partial charge is 0.0619 e. The number of piperidine rings is 1.